The lowest BCUT2D eigenvalue weighted by atomic mass is 10.3. The van der Waals surface area contributed by atoms with E-state index in [1.54, 1.807) is 11.4 Å². The van der Waals surface area contributed by atoms with E-state index in [4.69, 9.17) is 0 Å². The van der Waals surface area contributed by atoms with Crippen LogP contribution in [0.15, 0.2) is 29.6 Å². The second kappa shape index (κ2) is 5.61. The van der Waals surface area contributed by atoms with Crippen molar-refractivity contribution in [1.29, 1.82) is 0 Å². The molecule has 0 spiro atoms. The number of hydrogen-bond donors (Lipinski definition) is 1. The van der Waals surface area contributed by atoms with E-state index in [1.807, 2.05) is 22.6 Å². The Kier molecular flexibility index (Phi) is 4.12. The summed E-state index contributed by atoms with van der Waals surface area (Å²) in [6, 6.07) is 5.99. The van der Waals surface area contributed by atoms with Gasteiger partial charge in [-0.25, -0.2) is 4.39 Å². The van der Waals surface area contributed by atoms with E-state index in [-0.39, 0.29) is 10.8 Å². The molecule has 94 valence electrons. The first kappa shape index (κ1) is 13.2. The molecule has 1 aromatic heterocycles. The maximum atomic E-state index is 12.9. The summed E-state index contributed by atoms with van der Waals surface area (Å²) in [5.74, 6) is -0.281. The first-order chi connectivity index (χ1) is 8.56. The Labute approximate surface area is 120 Å². The summed E-state index contributed by atoms with van der Waals surface area (Å²) in [4.78, 5) is 10.1. The zero-order valence-electron chi connectivity index (χ0n) is 9.02. The van der Waals surface area contributed by atoms with Gasteiger partial charge < -0.3 is 5.32 Å². The number of halogens is 2. The van der Waals surface area contributed by atoms with Crippen LogP contribution in [0.4, 0.5) is 15.1 Å². The van der Waals surface area contributed by atoms with E-state index in [9.17, 15) is 14.5 Å². The number of nitrogens with one attached hydrogen (secondary N) is 1. The Balaban J connectivity index is 2.04. The number of hydrogen-bond acceptors (Lipinski definition) is 4. The van der Waals surface area contributed by atoms with Crippen LogP contribution in [0.5, 0.6) is 0 Å². The fourth-order valence-electron chi connectivity index (χ4n) is 1.38. The Morgan fingerprint density at radius 3 is 2.83 bits per heavy atom. The van der Waals surface area contributed by atoms with E-state index in [2.05, 4.69) is 5.32 Å². The Morgan fingerprint density at radius 1 is 1.44 bits per heavy atom. The monoisotopic (exact) mass is 378 g/mol. The molecule has 0 aliphatic heterocycles. The predicted octanol–water partition coefficient (Wildman–Crippen LogP) is 4.01. The fraction of sp³-hybridized carbons (Fsp3) is 0.0909. The van der Waals surface area contributed by atoms with Crippen molar-refractivity contribution in [3.8, 4) is 0 Å². The van der Waals surface area contributed by atoms with Gasteiger partial charge in [0, 0.05) is 27.2 Å². The summed E-state index contributed by atoms with van der Waals surface area (Å²) < 4.78 is 13.7. The molecule has 1 aromatic carbocycles. The van der Waals surface area contributed by atoms with Crippen molar-refractivity contribution < 1.29 is 9.31 Å². The normalized spacial score (nSPS) is 10.3. The molecular formula is C11H8FIN2O2S. The summed E-state index contributed by atoms with van der Waals surface area (Å²) in [6.45, 7) is 0.478. The zero-order chi connectivity index (χ0) is 13.1. The minimum absolute atomic E-state index is 0.126. The molecule has 18 heavy (non-hydrogen) atoms. The van der Waals surface area contributed by atoms with Crippen LogP contribution in [0.25, 0.3) is 0 Å². The summed E-state index contributed by atoms with van der Waals surface area (Å²) in [5.41, 5.74) is 1.65. The van der Waals surface area contributed by atoms with E-state index in [1.165, 1.54) is 18.2 Å². The third-order valence-electron chi connectivity index (χ3n) is 2.23. The molecule has 0 unspecified atom stereocenters. The van der Waals surface area contributed by atoms with Crippen LogP contribution in [0.2, 0.25) is 0 Å². The summed E-state index contributed by atoms with van der Waals surface area (Å²) in [7, 11) is 0. The molecule has 0 atom stereocenters. The van der Waals surface area contributed by atoms with Gasteiger partial charge in [-0.15, -0.1) is 0 Å². The highest BCUT2D eigenvalue weighted by atomic mass is 127. The van der Waals surface area contributed by atoms with Crippen molar-refractivity contribution >= 4 is 44.6 Å². The van der Waals surface area contributed by atoms with Gasteiger partial charge in [-0.3, -0.25) is 10.1 Å². The molecule has 0 fully saturated rings. The first-order valence-electron chi connectivity index (χ1n) is 4.97. The molecule has 7 heteroatoms. The second-order valence-corrected chi connectivity index (χ2v) is 5.58. The lowest BCUT2D eigenvalue weighted by Crippen LogP contribution is -2.00. The highest BCUT2D eigenvalue weighted by Gasteiger charge is 2.09. The smallest absolute Gasteiger partial charge is 0.324 e. The Hall–Kier alpha value is -1.22. The Morgan fingerprint density at radius 2 is 2.22 bits per heavy atom. The van der Waals surface area contributed by atoms with Gasteiger partial charge >= 0.3 is 5.00 Å². The van der Waals surface area contributed by atoms with Crippen molar-refractivity contribution in [2.45, 2.75) is 6.54 Å². The van der Waals surface area contributed by atoms with Gasteiger partial charge in [0.1, 0.15) is 5.82 Å². The molecule has 0 aliphatic carbocycles. The minimum atomic E-state index is -0.407. The molecule has 0 radical (unpaired) electrons. The second-order valence-electron chi connectivity index (χ2n) is 3.53. The van der Waals surface area contributed by atoms with Gasteiger partial charge in [-0.2, -0.15) is 0 Å². The summed E-state index contributed by atoms with van der Waals surface area (Å²) in [5, 5.41) is 15.5. The van der Waals surface area contributed by atoms with Crippen molar-refractivity contribution in [3.05, 3.63) is 54.7 Å². The molecule has 2 rings (SSSR count). The zero-order valence-corrected chi connectivity index (χ0v) is 12.0. The number of nitro groups is 1. The van der Waals surface area contributed by atoms with Gasteiger partial charge in [0.15, 0.2) is 0 Å². The quantitative estimate of drug-likeness (QED) is 0.497. The Bertz CT molecular complexity index is 588. The van der Waals surface area contributed by atoms with Gasteiger partial charge in [-0.05, 0) is 46.4 Å². The molecule has 4 nitrogen and oxygen atoms in total. The fourth-order valence-corrected chi connectivity index (χ4v) is 2.78. The molecule has 0 aliphatic rings. The van der Waals surface area contributed by atoms with E-state index >= 15 is 0 Å². The van der Waals surface area contributed by atoms with Crippen molar-refractivity contribution in [2.24, 2.45) is 0 Å². The van der Waals surface area contributed by atoms with E-state index in [0.29, 0.717) is 6.54 Å². The lowest BCUT2D eigenvalue weighted by Gasteiger charge is -2.07. The van der Waals surface area contributed by atoms with Crippen LogP contribution in [-0.2, 0) is 6.54 Å². The highest BCUT2D eigenvalue weighted by molar-refractivity contribution is 14.1. The van der Waals surface area contributed by atoms with Crippen LogP contribution in [0.3, 0.4) is 0 Å². The van der Waals surface area contributed by atoms with Crippen LogP contribution < -0.4 is 5.32 Å². The van der Waals surface area contributed by atoms with Crippen LogP contribution in [0.1, 0.15) is 5.56 Å². The van der Waals surface area contributed by atoms with Gasteiger partial charge in [-0.1, -0.05) is 11.3 Å². The topological polar surface area (TPSA) is 55.2 Å². The third kappa shape index (κ3) is 3.16. The highest BCUT2D eigenvalue weighted by Crippen LogP contribution is 2.24. The lowest BCUT2D eigenvalue weighted by molar-refractivity contribution is -0.380. The number of rotatable bonds is 4. The summed E-state index contributed by atoms with van der Waals surface area (Å²) in [6.07, 6.45) is 0. The van der Waals surface area contributed by atoms with E-state index in [0.717, 1.165) is 26.2 Å². The average Bonchev–Trinajstić information content (AvgIpc) is 2.76. The van der Waals surface area contributed by atoms with Crippen LogP contribution >= 0.6 is 33.9 Å². The molecule has 0 saturated carbocycles. The number of anilines is 1. The maximum absolute atomic E-state index is 12.9. The number of benzene rings is 1. The SMILES string of the molecule is O=[N+]([O-])c1cc(CNc2ccc(F)cc2I)cs1. The third-order valence-corrected chi connectivity index (χ3v) is 4.06. The van der Waals surface area contributed by atoms with Crippen LogP contribution in [-0.4, -0.2) is 4.92 Å². The van der Waals surface area contributed by atoms with Crippen LogP contribution in [0, 0.1) is 19.5 Å². The van der Waals surface area contributed by atoms with Crippen molar-refractivity contribution in [2.75, 3.05) is 5.32 Å². The number of thiophene rings is 1. The molecule has 1 heterocycles. The standard InChI is InChI=1S/C11H8FIN2O2S/c12-8-1-2-10(9(13)4-8)14-5-7-3-11(15(16)17)18-6-7/h1-4,6,14H,5H2. The first-order valence-corrected chi connectivity index (χ1v) is 6.93. The molecule has 2 aromatic rings. The molecule has 0 amide bonds. The molecular weight excluding hydrogens is 370 g/mol. The predicted molar refractivity (Wildman–Crippen MR) is 77.4 cm³/mol. The molecule has 0 bridgehead atoms. The largest absolute Gasteiger partial charge is 0.380 e. The number of nitrogens with zero attached hydrogens (tertiary/aromatic N) is 1. The van der Waals surface area contributed by atoms with Gasteiger partial charge in [0.05, 0.1) is 4.92 Å². The van der Waals surface area contributed by atoms with E-state index < -0.39 is 4.92 Å². The minimum Gasteiger partial charge on any atom is -0.380 e. The molecule has 1 N–H and O–H groups in total. The molecule has 0 saturated heterocycles. The van der Waals surface area contributed by atoms with Crippen molar-refractivity contribution in [1.82, 2.24) is 0 Å². The van der Waals surface area contributed by atoms with Crippen molar-refractivity contribution in [3.63, 3.8) is 0 Å². The van der Waals surface area contributed by atoms with Gasteiger partial charge in [0.25, 0.3) is 0 Å². The maximum Gasteiger partial charge on any atom is 0.324 e. The summed E-state index contributed by atoms with van der Waals surface area (Å²) >= 11 is 3.13. The average molecular weight is 378 g/mol. The van der Waals surface area contributed by atoms with Gasteiger partial charge in [0.2, 0.25) is 0 Å².